The van der Waals surface area contributed by atoms with Gasteiger partial charge in [0.05, 0.1) is 5.54 Å². The second kappa shape index (κ2) is 5.14. The maximum Gasteiger partial charge on any atom is 0.242 e. The fourth-order valence-corrected chi connectivity index (χ4v) is 2.40. The number of pyridine rings is 1. The van der Waals surface area contributed by atoms with E-state index in [0.717, 1.165) is 18.7 Å². The molecule has 6 heteroatoms. The van der Waals surface area contributed by atoms with Crippen molar-refractivity contribution in [1.82, 2.24) is 14.8 Å². The van der Waals surface area contributed by atoms with E-state index in [2.05, 4.69) is 15.3 Å². The summed E-state index contributed by atoms with van der Waals surface area (Å²) in [4.78, 5) is 20.3. The van der Waals surface area contributed by atoms with Crippen LogP contribution in [0.4, 0.5) is 5.82 Å². The molecule has 2 heterocycles. The van der Waals surface area contributed by atoms with Gasteiger partial charge >= 0.3 is 0 Å². The fourth-order valence-electron chi connectivity index (χ4n) is 2.40. The van der Waals surface area contributed by atoms with Gasteiger partial charge in [-0.15, -0.1) is 0 Å². The molecule has 3 N–H and O–H groups in total. The summed E-state index contributed by atoms with van der Waals surface area (Å²) in [6.45, 7) is 6.27. The van der Waals surface area contributed by atoms with E-state index in [1.165, 1.54) is 0 Å². The minimum absolute atomic E-state index is 0.157. The predicted octanol–water partition coefficient (Wildman–Crippen LogP) is 0.420. The molecule has 1 amide bonds. The third-order valence-electron chi connectivity index (χ3n) is 3.71. The standard InChI is InChI=1S/C13H21N5O/c1-13(2)12(19)17(3)6-7-18(13)9-10-4-5-15-11(8-10)16-14/h4-5,8H,6-7,9,14H2,1-3H3,(H,15,16). The summed E-state index contributed by atoms with van der Waals surface area (Å²) in [5.41, 5.74) is 3.15. The summed E-state index contributed by atoms with van der Waals surface area (Å²) in [6.07, 6.45) is 1.72. The van der Waals surface area contributed by atoms with Gasteiger partial charge in [-0.05, 0) is 31.5 Å². The van der Waals surface area contributed by atoms with Gasteiger partial charge in [0.2, 0.25) is 5.91 Å². The molecule has 2 rings (SSSR count). The number of nitrogens with zero attached hydrogens (tertiary/aromatic N) is 3. The molecule has 0 bridgehead atoms. The molecule has 0 unspecified atom stereocenters. The van der Waals surface area contributed by atoms with E-state index in [-0.39, 0.29) is 5.91 Å². The molecule has 1 aromatic rings. The van der Waals surface area contributed by atoms with Crippen LogP contribution in [0.1, 0.15) is 19.4 Å². The van der Waals surface area contributed by atoms with Gasteiger partial charge in [0.25, 0.3) is 0 Å². The Morgan fingerprint density at radius 2 is 2.21 bits per heavy atom. The number of amides is 1. The molecule has 6 nitrogen and oxygen atoms in total. The molecule has 0 radical (unpaired) electrons. The van der Waals surface area contributed by atoms with Crippen molar-refractivity contribution in [2.75, 3.05) is 25.6 Å². The quantitative estimate of drug-likeness (QED) is 0.610. The Bertz CT molecular complexity index is 474. The van der Waals surface area contributed by atoms with Crippen LogP contribution in [0.5, 0.6) is 0 Å². The number of hydrogen-bond donors (Lipinski definition) is 2. The molecule has 0 spiro atoms. The summed E-state index contributed by atoms with van der Waals surface area (Å²) in [7, 11) is 1.85. The molecule has 104 valence electrons. The van der Waals surface area contributed by atoms with E-state index in [1.54, 1.807) is 11.1 Å². The highest BCUT2D eigenvalue weighted by Crippen LogP contribution is 2.24. The van der Waals surface area contributed by atoms with Crippen LogP contribution in [0.3, 0.4) is 0 Å². The summed E-state index contributed by atoms with van der Waals surface area (Å²) in [6, 6.07) is 3.85. The topological polar surface area (TPSA) is 74.5 Å². The number of aromatic nitrogens is 1. The van der Waals surface area contributed by atoms with E-state index in [0.29, 0.717) is 12.4 Å². The van der Waals surface area contributed by atoms with Crippen LogP contribution in [0.15, 0.2) is 18.3 Å². The zero-order valence-electron chi connectivity index (χ0n) is 11.7. The zero-order valence-corrected chi connectivity index (χ0v) is 11.7. The molecular formula is C13H21N5O. The zero-order chi connectivity index (χ0) is 14.0. The summed E-state index contributed by atoms with van der Waals surface area (Å²) < 4.78 is 0. The molecule has 0 aromatic carbocycles. The van der Waals surface area contributed by atoms with Crippen molar-refractivity contribution in [2.24, 2.45) is 5.84 Å². The molecule has 1 aliphatic rings. The maximum atomic E-state index is 12.2. The Balaban J connectivity index is 2.16. The summed E-state index contributed by atoms with van der Waals surface area (Å²) >= 11 is 0. The first kappa shape index (κ1) is 13.8. The molecule has 1 saturated heterocycles. The highest BCUT2D eigenvalue weighted by molar-refractivity contribution is 5.86. The number of nitrogen functional groups attached to an aromatic ring is 1. The van der Waals surface area contributed by atoms with Gasteiger partial charge in [0.15, 0.2) is 0 Å². The van der Waals surface area contributed by atoms with Crippen LogP contribution >= 0.6 is 0 Å². The van der Waals surface area contributed by atoms with E-state index >= 15 is 0 Å². The highest BCUT2D eigenvalue weighted by Gasteiger charge is 2.40. The molecule has 0 saturated carbocycles. The normalized spacial score (nSPS) is 19.6. The van der Waals surface area contributed by atoms with Gasteiger partial charge in [0.1, 0.15) is 5.82 Å². The number of likely N-dealkylation sites (N-methyl/N-ethyl adjacent to an activating group) is 1. The predicted molar refractivity (Wildman–Crippen MR) is 74.2 cm³/mol. The SMILES string of the molecule is CN1CCN(Cc2ccnc(NN)c2)C(C)(C)C1=O. The number of hydrazine groups is 1. The number of nitrogens with two attached hydrogens (primary N) is 1. The highest BCUT2D eigenvalue weighted by atomic mass is 16.2. The molecule has 0 aliphatic carbocycles. The Hall–Kier alpha value is -1.66. The Morgan fingerprint density at radius 1 is 1.47 bits per heavy atom. The number of hydrogen-bond acceptors (Lipinski definition) is 5. The lowest BCUT2D eigenvalue weighted by Crippen LogP contribution is -2.61. The van der Waals surface area contributed by atoms with Gasteiger partial charge in [-0.25, -0.2) is 10.8 Å². The van der Waals surface area contributed by atoms with Crippen LogP contribution in [-0.2, 0) is 11.3 Å². The second-order valence-electron chi connectivity index (χ2n) is 5.40. The van der Waals surface area contributed by atoms with Crippen molar-refractivity contribution in [3.63, 3.8) is 0 Å². The van der Waals surface area contributed by atoms with Crippen molar-refractivity contribution < 1.29 is 4.79 Å². The third kappa shape index (κ3) is 2.69. The molecule has 1 aliphatic heterocycles. The van der Waals surface area contributed by atoms with E-state index < -0.39 is 5.54 Å². The van der Waals surface area contributed by atoms with Gasteiger partial charge in [-0.1, -0.05) is 0 Å². The summed E-state index contributed by atoms with van der Waals surface area (Å²) in [5, 5.41) is 0. The molecule has 0 atom stereocenters. The van der Waals surface area contributed by atoms with Gasteiger partial charge in [-0.3, -0.25) is 9.69 Å². The van der Waals surface area contributed by atoms with Gasteiger partial charge < -0.3 is 10.3 Å². The Labute approximate surface area is 113 Å². The number of piperazine rings is 1. The van der Waals surface area contributed by atoms with Crippen molar-refractivity contribution in [3.05, 3.63) is 23.9 Å². The average Bonchev–Trinajstić information content (AvgIpc) is 2.40. The maximum absolute atomic E-state index is 12.2. The van der Waals surface area contributed by atoms with Crippen molar-refractivity contribution in [1.29, 1.82) is 0 Å². The first-order valence-corrected chi connectivity index (χ1v) is 6.37. The van der Waals surface area contributed by atoms with Crippen LogP contribution < -0.4 is 11.3 Å². The summed E-state index contributed by atoms with van der Waals surface area (Å²) in [5.74, 6) is 6.15. The van der Waals surface area contributed by atoms with Crippen LogP contribution in [0.25, 0.3) is 0 Å². The van der Waals surface area contributed by atoms with Gasteiger partial charge in [0, 0.05) is 32.9 Å². The average molecular weight is 263 g/mol. The number of anilines is 1. The van der Waals surface area contributed by atoms with E-state index in [1.807, 2.05) is 33.0 Å². The molecule has 19 heavy (non-hydrogen) atoms. The number of nitrogens with one attached hydrogen (secondary N) is 1. The Morgan fingerprint density at radius 3 is 2.89 bits per heavy atom. The lowest BCUT2D eigenvalue weighted by Gasteiger charge is -2.44. The molecule has 1 aromatic heterocycles. The minimum Gasteiger partial charge on any atom is -0.343 e. The lowest BCUT2D eigenvalue weighted by molar-refractivity contribution is -0.147. The van der Waals surface area contributed by atoms with Crippen LogP contribution in [0.2, 0.25) is 0 Å². The fraction of sp³-hybridized carbons (Fsp3) is 0.538. The van der Waals surface area contributed by atoms with E-state index in [4.69, 9.17) is 5.84 Å². The first-order chi connectivity index (χ1) is 8.95. The van der Waals surface area contributed by atoms with E-state index in [9.17, 15) is 4.79 Å². The van der Waals surface area contributed by atoms with Crippen molar-refractivity contribution in [3.8, 4) is 0 Å². The molecule has 1 fully saturated rings. The lowest BCUT2D eigenvalue weighted by atomic mass is 9.97. The third-order valence-corrected chi connectivity index (χ3v) is 3.71. The van der Waals surface area contributed by atoms with Crippen molar-refractivity contribution >= 4 is 11.7 Å². The smallest absolute Gasteiger partial charge is 0.242 e. The minimum atomic E-state index is -0.480. The number of carbonyl (C=O) groups is 1. The number of carbonyl (C=O) groups excluding carboxylic acids is 1. The largest absolute Gasteiger partial charge is 0.343 e. The number of rotatable bonds is 3. The van der Waals surface area contributed by atoms with Crippen LogP contribution in [0, 0.1) is 0 Å². The monoisotopic (exact) mass is 263 g/mol. The van der Waals surface area contributed by atoms with Gasteiger partial charge in [-0.2, -0.15) is 0 Å². The molecular weight excluding hydrogens is 242 g/mol. The second-order valence-corrected chi connectivity index (χ2v) is 5.40. The first-order valence-electron chi connectivity index (χ1n) is 6.37. The Kier molecular flexibility index (Phi) is 3.73. The van der Waals surface area contributed by atoms with Crippen molar-refractivity contribution in [2.45, 2.75) is 25.9 Å². The van der Waals surface area contributed by atoms with Crippen LogP contribution in [-0.4, -0.2) is 46.4 Å².